The molecule has 19 heavy (non-hydrogen) atoms. The second-order valence-corrected chi connectivity index (χ2v) is 5.58. The van der Waals surface area contributed by atoms with E-state index in [1.807, 2.05) is 11.8 Å². The van der Waals surface area contributed by atoms with Crippen LogP contribution in [0.25, 0.3) is 0 Å². The molecule has 0 atom stereocenters. The first-order valence-electron chi connectivity index (χ1n) is 6.90. The summed E-state index contributed by atoms with van der Waals surface area (Å²) in [5.41, 5.74) is 0.733. The van der Waals surface area contributed by atoms with Gasteiger partial charge in [0, 0.05) is 37.9 Å². The summed E-state index contributed by atoms with van der Waals surface area (Å²) in [5.74, 6) is 0.915. The van der Waals surface area contributed by atoms with Crippen molar-refractivity contribution >= 4 is 21.8 Å². The molecule has 106 valence electrons. The number of aryl methyl sites for hydroxylation is 1. The number of carbonyl (C=O) groups is 1. The van der Waals surface area contributed by atoms with Crippen LogP contribution < -0.4 is 0 Å². The van der Waals surface area contributed by atoms with Crippen LogP contribution in [0.4, 0.5) is 0 Å². The fourth-order valence-electron chi connectivity index (χ4n) is 2.49. The third-order valence-electron chi connectivity index (χ3n) is 3.57. The molecule has 0 spiro atoms. The van der Waals surface area contributed by atoms with Crippen LogP contribution in [0.5, 0.6) is 0 Å². The summed E-state index contributed by atoms with van der Waals surface area (Å²) in [6.45, 7) is 6.73. The zero-order valence-corrected chi connectivity index (χ0v) is 13.0. The van der Waals surface area contributed by atoms with Crippen molar-refractivity contribution in [3.63, 3.8) is 0 Å². The number of rotatable bonds is 4. The third-order valence-corrected chi connectivity index (χ3v) is 3.93. The van der Waals surface area contributed by atoms with Gasteiger partial charge in [0.25, 0.3) is 5.91 Å². The van der Waals surface area contributed by atoms with Gasteiger partial charge >= 0.3 is 0 Å². The van der Waals surface area contributed by atoms with Crippen molar-refractivity contribution < 1.29 is 9.21 Å². The number of alkyl halides is 1. The molecule has 0 aliphatic carbocycles. The Bertz CT molecular complexity index is 419. The fraction of sp³-hybridized carbons (Fsp3) is 0.643. The molecular weight excluding hydrogens is 308 g/mol. The molecule has 1 amide bonds. The Labute approximate surface area is 122 Å². The number of furan rings is 1. The number of carbonyl (C=O) groups excluding carboxylic acids is 1. The first kappa shape index (κ1) is 14.6. The maximum absolute atomic E-state index is 12.5. The molecule has 0 aromatic carbocycles. The predicted octanol–water partition coefficient (Wildman–Crippen LogP) is 2.38. The van der Waals surface area contributed by atoms with Crippen molar-refractivity contribution in [3.05, 3.63) is 23.7 Å². The van der Waals surface area contributed by atoms with Gasteiger partial charge < -0.3 is 14.2 Å². The Morgan fingerprint density at radius 2 is 2.21 bits per heavy atom. The van der Waals surface area contributed by atoms with E-state index >= 15 is 0 Å². The summed E-state index contributed by atoms with van der Waals surface area (Å²) >= 11 is 3.47. The normalized spacial score (nSPS) is 17.5. The molecular formula is C14H21BrN2O2. The Morgan fingerprint density at radius 3 is 2.95 bits per heavy atom. The van der Waals surface area contributed by atoms with Crippen molar-refractivity contribution in [1.82, 2.24) is 9.80 Å². The Hall–Kier alpha value is -0.810. The molecule has 1 aromatic heterocycles. The summed E-state index contributed by atoms with van der Waals surface area (Å²) in [5, 5.41) is 0.989. The van der Waals surface area contributed by atoms with Crippen molar-refractivity contribution in [2.45, 2.75) is 19.8 Å². The van der Waals surface area contributed by atoms with Gasteiger partial charge in [-0.25, -0.2) is 0 Å². The highest BCUT2D eigenvalue weighted by Gasteiger charge is 2.22. The van der Waals surface area contributed by atoms with Gasteiger partial charge in [-0.05, 0) is 19.0 Å². The molecule has 1 saturated heterocycles. The average Bonchev–Trinajstić information content (AvgIpc) is 2.78. The maximum atomic E-state index is 12.5. The third kappa shape index (κ3) is 3.60. The molecule has 0 unspecified atom stereocenters. The highest BCUT2D eigenvalue weighted by Crippen LogP contribution is 2.15. The van der Waals surface area contributed by atoms with E-state index < -0.39 is 0 Å². The van der Waals surface area contributed by atoms with Crippen molar-refractivity contribution in [3.8, 4) is 0 Å². The van der Waals surface area contributed by atoms with Gasteiger partial charge in [-0.3, -0.25) is 4.79 Å². The minimum absolute atomic E-state index is 0.117. The van der Waals surface area contributed by atoms with Crippen LogP contribution in [-0.4, -0.2) is 53.8 Å². The lowest BCUT2D eigenvalue weighted by Crippen LogP contribution is -2.35. The van der Waals surface area contributed by atoms with Crippen LogP contribution in [0.3, 0.4) is 0 Å². The predicted molar refractivity (Wildman–Crippen MR) is 78.8 cm³/mol. The molecule has 5 heteroatoms. The van der Waals surface area contributed by atoms with Crippen LogP contribution >= 0.6 is 15.9 Å². The van der Waals surface area contributed by atoms with E-state index in [0.29, 0.717) is 0 Å². The Morgan fingerprint density at radius 1 is 1.37 bits per heavy atom. The lowest BCUT2D eigenvalue weighted by Gasteiger charge is -2.21. The highest BCUT2D eigenvalue weighted by molar-refractivity contribution is 9.09. The molecule has 0 radical (unpaired) electrons. The number of halogens is 1. The number of amides is 1. The molecule has 2 heterocycles. The highest BCUT2D eigenvalue weighted by atomic mass is 79.9. The first-order chi connectivity index (χ1) is 9.26. The molecule has 0 saturated carbocycles. The van der Waals surface area contributed by atoms with E-state index in [1.54, 1.807) is 12.3 Å². The smallest absolute Gasteiger partial charge is 0.257 e. The minimum atomic E-state index is 0.117. The van der Waals surface area contributed by atoms with Gasteiger partial charge in [0.1, 0.15) is 5.76 Å². The van der Waals surface area contributed by atoms with Crippen LogP contribution in [0.1, 0.15) is 29.5 Å². The molecule has 1 aromatic rings. The average molecular weight is 329 g/mol. The van der Waals surface area contributed by atoms with E-state index in [2.05, 4.69) is 20.8 Å². The van der Waals surface area contributed by atoms with Gasteiger partial charge in [0.05, 0.1) is 11.8 Å². The molecule has 0 N–H and O–H groups in total. The monoisotopic (exact) mass is 328 g/mol. The van der Waals surface area contributed by atoms with E-state index in [0.717, 1.165) is 62.2 Å². The summed E-state index contributed by atoms with van der Waals surface area (Å²) in [4.78, 5) is 16.9. The summed E-state index contributed by atoms with van der Waals surface area (Å²) in [6, 6.07) is 1.79. The second kappa shape index (κ2) is 7.10. The molecule has 1 fully saturated rings. The van der Waals surface area contributed by atoms with E-state index in [-0.39, 0.29) is 5.91 Å². The molecule has 1 aliphatic heterocycles. The lowest BCUT2D eigenvalue weighted by molar-refractivity contribution is 0.0759. The molecule has 1 aliphatic rings. The van der Waals surface area contributed by atoms with Crippen LogP contribution in [0, 0.1) is 0 Å². The van der Waals surface area contributed by atoms with Gasteiger partial charge in [-0.15, -0.1) is 0 Å². The van der Waals surface area contributed by atoms with Crippen LogP contribution in [0.2, 0.25) is 0 Å². The zero-order valence-electron chi connectivity index (χ0n) is 11.4. The summed E-state index contributed by atoms with van der Waals surface area (Å²) < 4.78 is 5.35. The first-order valence-corrected chi connectivity index (χ1v) is 8.02. The van der Waals surface area contributed by atoms with Gasteiger partial charge in [0.2, 0.25) is 0 Å². The van der Waals surface area contributed by atoms with Crippen molar-refractivity contribution in [2.24, 2.45) is 0 Å². The molecule has 0 bridgehead atoms. The maximum Gasteiger partial charge on any atom is 0.257 e. The summed E-state index contributed by atoms with van der Waals surface area (Å²) in [7, 11) is 0. The SMILES string of the molecule is CCc1occc1C(=O)N1CCCN(CCBr)CC1. The van der Waals surface area contributed by atoms with Gasteiger partial charge in [-0.2, -0.15) is 0 Å². The van der Waals surface area contributed by atoms with E-state index in [1.165, 1.54) is 0 Å². The lowest BCUT2D eigenvalue weighted by atomic mass is 10.2. The van der Waals surface area contributed by atoms with Crippen LogP contribution in [0.15, 0.2) is 16.7 Å². The largest absolute Gasteiger partial charge is 0.469 e. The van der Waals surface area contributed by atoms with Crippen molar-refractivity contribution in [1.29, 1.82) is 0 Å². The Balaban J connectivity index is 2.00. The fourth-order valence-corrected chi connectivity index (χ4v) is 2.99. The van der Waals surface area contributed by atoms with Crippen molar-refractivity contribution in [2.75, 3.05) is 38.1 Å². The quantitative estimate of drug-likeness (QED) is 0.796. The van der Waals surface area contributed by atoms with Gasteiger partial charge in [-0.1, -0.05) is 22.9 Å². The molecule has 4 nitrogen and oxygen atoms in total. The number of hydrogen-bond acceptors (Lipinski definition) is 3. The van der Waals surface area contributed by atoms with E-state index in [9.17, 15) is 4.79 Å². The van der Waals surface area contributed by atoms with Gasteiger partial charge in [0.15, 0.2) is 0 Å². The number of nitrogens with zero attached hydrogens (tertiary/aromatic N) is 2. The minimum Gasteiger partial charge on any atom is -0.469 e. The zero-order chi connectivity index (χ0) is 13.7. The standard InChI is InChI=1S/C14H21BrN2O2/c1-2-13-12(4-11-19-13)14(18)17-7-3-6-16(8-5-15)9-10-17/h4,11H,2-3,5-10H2,1H3. The second-order valence-electron chi connectivity index (χ2n) is 4.79. The number of hydrogen-bond donors (Lipinski definition) is 0. The molecule has 2 rings (SSSR count). The van der Waals surface area contributed by atoms with E-state index in [4.69, 9.17) is 4.42 Å². The Kier molecular flexibility index (Phi) is 5.45. The topological polar surface area (TPSA) is 36.7 Å². The van der Waals surface area contributed by atoms with Crippen LogP contribution in [-0.2, 0) is 6.42 Å². The summed E-state index contributed by atoms with van der Waals surface area (Å²) in [6.07, 6.45) is 3.41.